The lowest BCUT2D eigenvalue weighted by Gasteiger charge is -2.10. The quantitative estimate of drug-likeness (QED) is 0.369. The van der Waals surface area contributed by atoms with Crippen molar-refractivity contribution in [2.24, 2.45) is 0 Å². The molecule has 0 aliphatic rings. The van der Waals surface area contributed by atoms with Crippen molar-refractivity contribution in [1.82, 2.24) is 35.0 Å². The highest BCUT2D eigenvalue weighted by Gasteiger charge is 2.16. The predicted octanol–water partition coefficient (Wildman–Crippen LogP) is 5.35. The van der Waals surface area contributed by atoms with E-state index in [9.17, 15) is 0 Å². The van der Waals surface area contributed by atoms with Crippen LogP contribution in [0.3, 0.4) is 0 Å². The molecule has 0 fully saturated rings. The van der Waals surface area contributed by atoms with E-state index in [4.69, 9.17) is 0 Å². The Hall–Kier alpha value is -3.88. The molecule has 0 spiro atoms. The van der Waals surface area contributed by atoms with E-state index in [1.165, 1.54) is 10.4 Å². The summed E-state index contributed by atoms with van der Waals surface area (Å²) in [6.07, 6.45) is 7.43. The van der Waals surface area contributed by atoms with Gasteiger partial charge in [-0.1, -0.05) is 6.07 Å². The number of thiophene rings is 1. The lowest BCUT2D eigenvalue weighted by Crippen LogP contribution is -2.10. The molecule has 33 heavy (non-hydrogen) atoms. The van der Waals surface area contributed by atoms with Crippen LogP contribution in [-0.4, -0.2) is 49.1 Å². The third-order valence-electron chi connectivity index (χ3n) is 5.61. The number of rotatable bonds is 5. The van der Waals surface area contributed by atoms with Crippen LogP contribution < -0.4 is 0 Å². The topological polar surface area (TPSA) is 86.4 Å². The minimum Gasteiger partial charge on any atom is -0.338 e. The molecule has 0 aliphatic carbocycles. The van der Waals surface area contributed by atoms with E-state index in [1.807, 2.05) is 38.9 Å². The molecule has 162 valence electrons. The molecule has 0 saturated carbocycles. The predicted molar refractivity (Wildman–Crippen MR) is 133 cm³/mol. The van der Waals surface area contributed by atoms with E-state index < -0.39 is 0 Å². The first-order valence-corrected chi connectivity index (χ1v) is 11.5. The summed E-state index contributed by atoms with van der Waals surface area (Å²) in [5.74, 6) is 0. The van der Waals surface area contributed by atoms with Crippen molar-refractivity contribution in [2.45, 2.75) is 6.54 Å². The molecule has 8 heteroatoms. The summed E-state index contributed by atoms with van der Waals surface area (Å²) in [5, 5.41) is 11.9. The number of nitrogens with one attached hydrogen (secondary N) is 2. The van der Waals surface area contributed by atoms with Gasteiger partial charge >= 0.3 is 0 Å². The van der Waals surface area contributed by atoms with Gasteiger partial charge in [0.1, 0.15) is 11.3 Å². The van der Waals surface area contributed by atoms with E-state index in [1.54, 1.807) is 11.3 Å². The van der Waals surface area contributed by atoms with Crippen molar-refractivity contribution in [3.05, 3.63) is 72.1 Å². The molecule has 0 amide bonds. The van der Waals surface area contributed by atoms with Gasteiger partial charge in [-0.3, -0.25) is 15.1 Å². The Morgan fingerprint density at radius 1 is 1.00 bits per heavy atom. The van der Waals surface area contributed by atoms with Crippen LogP contribution in [0.2, 0.25) is 0 Å². The Labute approximate surface area is 194 Å². The van der Waals surface area contributed by atoms with Crippen molar-refractivity contribution in [2.75, 3.05) is 14.1 Å². The second-order valence-corrected chi connectivity index (χ2v) is 9.24. The monoisotopic (exact) mass is 451 g/mol. The third kappa shape index (κ3) is 3.59. The number of H-pyrrole nitrogens is 2. The van der Waals surface area contributed by atoms with Gasteiger partial charge in [0.25, 0.3) is 0 Å². The van der Waals surface area contributed by atoms with Crippen LogP contribution in [0.15, 0.2) is 66.6 Å². The Kier molecular flexibility index (Phi) is 4.74. The van der Waals surface area contributed by atoms with Gasteiger partial charge in [0, 0.05) is 51.9 Å². The number of aromatic amines is 2. The highest BCUT2D eigenvalue weighted by atomic mass is 32.1. The summed E-state index contributed by atoms with van der Waals surface area (Å²) in [4.78, 5) is 20.4. The summed E-state index contributed by atoms with van der Waals surface area (Å²) in [5.41, 5.74) is 7.68. The molecular formula is C25H21N7S. The van der Waals surface area contributed by atoms with Crippen LogP contribution in [0.1, 0.15) is 5.56 Å². The third-order valence-corrected chi connectivity index (χ3v) is 6.51. The first kappa shape index (κ1) is 19.8. The summed E-state index contributed by atoms with van der Waals surface area (Å²) < 4.78 is 0. The number of hydrogen-bond acceptors (Lipinski definition) is 6. The van der Waals surface area contributed by atoms with Gasteiger partial charge < -0.3 is 9.88 Å². The van der Waals surface area contributed by atoms with Gasteiger partial charge in [-0.2, -0.15) is 5.10 Å². The van der Waals surface area contributed by atoms with Crippen LogP contribution in [0.4, 0.5) is 0 Å². The van der Waals surface area contributed by atoms with Crippen LogP contribution in [0.25, 0.3) is 55.0 Å². The number of aromatic nitrogens is 6. The standard InChI is InChI=1S/C25H21N7S/c1-32(2)14-15-8-16(12-26-11-15)20-10-19-22(13-28-20)30-31-24(19)21-9-18-17(23-4-3-7-33-23)5-6-27-25(18)29-21/h3-13H,14H2,1-2H3,(H,27,29)(H,30,31). The zero-order chi connectivity index (χ0) is 22.4. The fourth-order valence-electron chi connectivity index (χ4n) is 4.16. The Balaban J connectivity index is 1.45. The highest BCUT2D eigenvalue weighted by molar-refractivity contribution is 7.13. The molecule has 0 saturated heterocycles. The van der Waals surface area contributed by atoms with Gasteiger partial charge in [0.05, 0.1) is 23.1 Å². The van der Waals surface area contributed by atoms with E-state index >= 15 is 0 Å². The molecule has 2 N–H and O–H groups in total. The molecule has 6 aromatic rings. The summed E-state index contributed by atoms with van der Waals surface area (Å²) in [7, 11) is 4.10. The molecule has 0 unspecified atom stereocenters. The molecule has 0 aromatic carbocycles. The number of pyridine rings is 3. The molecule has 6 rings (SSSR count). The largest absolute Gasteiger partial charge is 0.338 e. The van der Waals surface area contributed by atoms with Crippen molar-refractivity contribution < 1.29 is 0 Å². The minimum atomic E-state index is 0.828. The average molecular weight is 452 g/mol. The summed E-state index contributed by atoms with van der Waals surface area (Å²) >= 11 is 1.72. The maximum absolute atomic E-state index is 4.65. The van der Waals surface area contributed by atoms with E-state index in [0.717, 1.165) is 56.7 Å². The lowest BCUT2D eigenvalue weighted by atomic mass is 10.1. The van der Waals surface area contributed by atoms with Crippen molar-refractivity contribution in [3.8, 4) is 33.1 Å². The summed E-state index contributed by atoms with van der Waals surface area (Å²) in [6.45, 7) is 0.828. The molecule has 0 bridgehead atoms. The van der Waals surface area contributed by atoms with Gasteiger partial charge in [0.2, 0.25) is 0 Å². The second kappa shape index (κ2) is 7.91. The molecule has 0 radical (unpaired) electrons. The van der Waals surface area contributed by atoms with Crippen LogP contribution in [-0.2, 0) is 6.54 Å². The molecule has 0 aliphatic heterocycles. The number of fused-ring (bicyclic) bond motifs is 2. The van der Waals surface area contributed by atoms with Gasteiger partial charge in [-0.05, 0) is 55.4 Å². The fourth-order valence-corrected chi connectivity index (χ4v) is 4.93. The first-order chi connectivity index (χ1) is 16.2. The van der Waals surface area contributed by atoms with E-state index in [2.05, 4.69) is 76.8 Å². The Morgan fingerprint density at radius 2 is 1.94 bits per heavy atom. The molecular weight excluding hydrogens is 430 g/mol. The van der Waals surface area contributed by atoms with Crippen LogP contribution in [0.5, 0.6) is 0 Å². The zero-order valence-corrected chi connectivity index (χ0v) is 19.0. The van der Waals surface area contributed by atoms with Crippen LogP contribution >= 0.6 is 11.3 Å². The Bertz CT molecular complexity index is 1580. The molecule has 6 heterocycles. The van der Waals surface area contributed by atoms with E-state index in [0.29, 0.717) is 0 Å². The second-order valence-electron chi connectivity index (χ2n) is 8.29. The number of hydrogen-bond donors (Lipinski definition) is 2. The normalized spacial score (nSPS) is 11.7. The first-order valence-electron chi connectivity index (χ1n) is 10.6. The zero-order valence-electron chi connectivity index (χ0n) is 18.2. The van der Waals surface area contributed by atoms with E-state index in [-0.39, 0.29) is 0 Å². The van der Waals surface area contributed by atoms with Crippen molar-refractivity contribution in [3.63, 3.8) is 0 Å². The lowest BCUT2D eigenvalue weighted by molar-refractivity contribution is 0.402. The fraction of sp³-hybridized carbons (Fsp3) is 0.120. The van der Waals surface area contributed by atoms with Gasteiger partial charge in [-0.25, -0.2) is 4.98 Å². The van der Waals surface area contributed by atoms with Gasteiger partial charge in [-0.15, -0.1) is 11.3 Å². The smallest absolute Gasteiger partial charge is 0.138 e. The Morgan fingerprint density at radius 3 is 2.79 bits per heavy atom. The molecule has 7 nitrogen and oxygen atoms in total. The summed E-state index contributed by atoms with van der Waals surface area (Å²) in [6, 6.07) is 12.6. The highest BCUT2D eigenvalue weighted by Crippen LogP contribution is 2.35. The maximum Gasteiger partial charge on any atom is 0.138 e. The minimum absolute atomic E-state index is 0.828. The maximum atomic E-state index is 4.65. The molecule has 6 aromatic heterocycles. The number of nitrogens with zero attached hydrogens (tertiary/aromatic N) is 5. The molecule has 0 atom stereocenters. The SMILES string of the molecule is CN(C)Cc1cncc(-c2cc3c(-c4cc5c(-c6cccs6)ccnc5[nH]4)n[nH]c3cn2)c1. The van der Waals surface area contributed by atoms with Crippen LogP contribution in [0, 0.1) is 0 Å². The van der Waals surface area contributed by atoms with Gasteiger partial charge in [0.15, 0.2) is 0 Å². The average Bonchev–Trinajstić information content (AvgIpc) is 3.57. The van der Waals surface area contributed by atoms with Crippen molar-refractivity contribution in [1.29, 1.82) is 0 Å². The van der Waals surface area contributed by atoms with Crippen molar-refractivity contribution >= 4 is 33.3 Å².